The standard InChI is InChI=1S/C16H32O2.C7H7.Hg/c1-2-3-4-5-6-7-8-9-10-11-12-13-14-15-16(17)18;1-7-5-3-2-4-6-7;/h2-15H2,1H3,(H,17,18);3-6H,1H3;/q;;+1/p-1. The average molecular weight is 547 g/mol. The van der Waals surface area contributed by atoms with Crippen LogP contribution < -0.4 is 3.07 Å². The van der Waals surface area contributed by atoms with Crippen LogP contribution in [0.15, 0.2) is 24.3 Å². The molecule has 3 heteroatoms. The van der Waals surface area contributed by atoms with E-state index in [9.17, 15) is 4.79 Å². The van der Waals surface area contributed by atoms with Crippen LogP contribution in [0.2, 0.25) is 0 Å². The normalized spacial score (nSPS) is 10.5. The van der Waals surface area contributed by atoms with Crippen LogP contribution in [0.5, 0.6) is 0 Å². The van der Waals surface area contributed by atoms with Crippen molar-refractivity contribution in [2.45, 2.75) is 104 Å². The Kier molecular flexibility index (Phi) is 15.3. The summed E-state index contributed by atoms with van der Waals surface area (Å²) in [6.07, 6.45) is 18.0. The van der Waals surface area contributed by atoms with E-state index < -0.39 is 25.0 Å². The molecular formula is C23H38HgO2. The van der Waals surface area contributed by atoms with E-state index in [0.29, 0.717) is 6.42 Å². The Balaban J connectivity index is 1.83. The third kappa shape index (κ3) is 13.8. The zero-order chi connectivity index (χ0) is 18.9. The second-order valence-corrected chi connectivity index (χ2v) is 13.1. The van der Waals surface area contributed by atoms with Crippen molar-refractivity contribution >= 4 is 9.04 Å². The summed E-state index contributed by atoms with van der Waals surface area (Å²) in [6, 6.07) is 8.45. The van der Waals surface area contributed by atoms with Gasteiger partial charge in [0.2, 0.25) is 0 Å². The fourth-order valence-corrected chi connectivity index (χ4v) is 6.71. The van der Waals surface area contributed by atoms with Crippen LogP contribution in [0.1, 0.15) is 102 Å². The Labute approximate surface area is 174 Å². The molecule has 1 rings (SSSR count). The maximum atomic E-state index is 11.8. The molecular weight excluding hydrogens is 509 g/mol. The first-order valence-corrected chi connectivity index (χ1v) is 15.9. The van der Waals surface area contributed by atoms with Crippen molar-refractivity contribution < 1.29 is 32.5 Å². The van der Waals surface area contributed by atoms with Gasteiger partial charge in [-0.15, -0.1) is 0 Å². The molecule has 144 valence electrons. The van der Waals surface area contributed by atoms with Gasteiger partial charge in [-0.1, -0.05) is 32.6 Å². The molecule has 0 spiro atoms. The molecule has 1 aromatic rings. The predicted molar refractivity (Wildman–Crippen MR) is 107 cm³/mol. The molecule has 0 saturated heterocycles. The summed E-state index contributed by atoms with van der Waals surface area (Å²) in [5.74, 6) is 0.0373. The van der Waals surface area contributed by atoms with Gasteiger partial charge in [0.1, 0.15) is 0 Å². The minimum absolute atomic E-state index is 0.0373. The zero-order valence-electron chi connectivity index (χ0n) is 17.2. The van der Waals surface area contributed by atoms with Crippen molar-refractivity contribution in [2.75, 3.05) is 0 Å². The van der Waals surface area contributed by atoms with Crippen molar-refractivity contribution in [3.63, 3.8) is 0 Å². The second-order valence-electron chi connectivity index (χ2n) is 7.64. The van der Waals surface area contributed by atoms with E-state index in [1.165, 1.54) is 85.7 Å². The topological polar surface area (TPSA) is 26.3 Å². The Morgan fingerprint density at radius 3 is 1.73 bits per heavy atom. The number of hydrogen-bond donors (Lipinski definition) is 0. The SMILES string of the molecule is CCCCCCCCCCCCCCCC(=O)[O][Hg][c]1ccc(C)cc1. The number of carbonyl (C=O) groups excluding carboxylic acids is 1. The molecule has 0 N–H and O–H groups in total. The molecule has 0 aliphatic heterocycles. The van der Waals surface area contributed by atoms with Gasteiger partial charge in [0.25, 0.3) is 0 Å². The summed E-state index contributed by atoms with van der Waals surface area (Å²) >= 11 is -1.66. The van der Waals surface area contributed by atoms with Gasteiger partial charge >= 0.3 is 142 Å². The molecule has 0 unspecified atom stereocenters. The van der Waals surface area contributed by atoms with Crippen molar-refractivity contribution in [3.8, 4) is 0 Å². The molecule has 0 fully saturated rings. The zero-order valence-corrected chi connectivity index (χ0v) is 22.7. The van der Waals surface area contributed by atoms with E-state index in [1.807, 2.05) is 0 Å². The van der Waals surface area contributed by atoms with E-state index in [4.69, 9.17) is 2.64 Å². The van der Waals surface area contributed by atoms with Gasteiger partial charge in [0.15, 0.2) is 0 Å². The van der Waals surface area contributed by atoms with E-state index in [0.717, 1.165) is 6.42 Å². The van der Waals surface area contributed by atoms with Crippen LogP contribution in [0, 0.1) is 6.92 Å². The minimum atomic E-state index is -1.66. The van der Waals surface area contributed by atoms with Gasteiger partial charge in [-0.05, 0) is 0 Å². The Morgan fingerprint density at radius 1 is 0.769 bits per heavy atom. The van der Waals surface area contributed by atoms with Crippen molar-refractivity contribution in [1.29, 1.82) is 0 Å². The van der Waals surface area contributed by atoms with Crippen molar-refractivity contribution in [1.82, 2.24) is 0 Å². The first-order chi connectivity index (χ1) is 12.7. The Bertz CT molecular complexity index is 456. The number of benzene rings is 1. The van der Waals surface area contributed by atoms with Gasteiger partial charge in [-0.25, -0.2) is 0 Å². The summed E-state index contributed by atoms with van der Waals surface area (Å²) in [5, 5.41) is 0. The van der Waals surface area contributed by atoms with Crippen LogP contribution in [-0.2, 0) is 32.5 Å². The quantitative estimate of drug-likeness (QED) is 0.171. The fraction of sp³-hybridized carbons (Fsp3) is 0.696. The van der Waals surface area contributed by atoms with Gasteiger partial charge in [0.05, 0.1) is 0 Å². The third-order valence-electron chi connectivity index (χ3n) is 5.00. The average Bonchev–Trinajstić information content (AvgIpc) is 2.65. The molecule has 0 atom stereocenters. The van der Waals surface area contributed by atoms with Crippen LogP contribution in [0.25, 0.3) is 0 Å². The molecule has 0 bridgehead atoms. The molecule has 0 heterocycles. The number of hydrogen-bond acceptors (Lipinski definition) is 2. The molecule has 0 saturated carbocycles. The molecule has 0 aromatic heterocycles. The summed E-state index contributed by atoms with van der Waals surface area (Å²) in [7, 11) is 0. The van der Waals surface area contributed by atoms with E-state index in [-0.39, 0.29) is 5.97 Å². The molecule has 0 amide bonds. The van der Waals surface area contributed by atoms with Crippen molar-refractivity contribution in [2.24, 2.45) is 0 Å². The van der Waals surface area contributed by atoms with Gasteiger partial charge in [-0.3, -0.25) is 0 Å². The third-order valence-corrected chi connectivity index (χ3v) is 9.95. The van der Waals surface area contributed by atoms with Crippen molar-refractivity contribution in [3.05, 3.63) is 29.8 Å². The maximum absolute atomic E-state index is 11.8. The number of rotatable bonds is 16. The monoisotopic (exact) mass is 548 g/mol. The predicted octanol–water partition coefficient (Wildman–Crippen LogP) is 6.64. The molecule has 0 aliphatic carbocycles. The summed E-state index contributed by atoms with van der Waals surface area (Å²) < 4.78 is 6.84. The van der Waals surface area contributed by atoms with Gasteiger partial charge in [-0.2, -0.15) is 0 Å². The Morgan fingerprint density at radius 2 is 1.23 bits per heavy atom. The van der Waals surface area contributed by atoms with Crippen LogP contribution in [-0.4, -0.2) is 5.97 Å². The first-order valence-electron chi connectivity index (χ1n) is 10.9. The number of unbranched alkanes of at least 4 members (excludes halogenated alkanes) is 12. The molecule has 1 aromatic carbocycles. The summed E-state index contributed by atoms with van der Waals surface area (Å²) in [5.41, 5.74) is 1.26. The van der Waals surface area contributed by atoms with Gasteiger partial charge < -0.3 is 0 Å². The van der Waals surface area contributed by atoms with Crippen LogP contribution in [0.4, 0.5) is 0 Å². The Hall–Kier alpha value is -0.375. The van der Waals surface area contributed by atoms with E-state index >= 15 is 0 Å². The number of carbonyl (C=O) groups is 1. The molecule has 0 aliphatic rings. The molecule has 2 nitrogen and oxygen atoms in total. The summed E-state index contributed by atoms with van der Waals surface area (Å²) in [6.45, 7) is 4.36. The van der Waals surface area contributed by atoms with E-state index in [1.54, 1.807) is 0 Å². The second kappa shape index (κ2) is 16.8. The molecule has 0 radical (unpaired) electrons. The molecule has 26 heavy (non-hydrogen) atoms. The van der Waals surface area contributed by atoms with E-state index in [2.05, 4.69) is 38.1 Å². The van der Waals surface area contributed by atoms with Crippen LogP contribution >= 0.6 is 0 Å². The fourth-order valence-electron chi connectivity index (χ4n) is 3.21. The number of aryl methyl sites for hydroxylation is 1. The summed E-state index contributed by atoms with van der Waals surface area (Å²) in [4.78, 5) is 11.8. The first kappa shape index (κ1) is 23.7. The van der Waals surface area contributed by atoms with Crippen LogP contribution in [0.3, 0.4) is 0 Å². The van der Waals surface area contributed by atoms with Gasteiger partial charge in [0, 0.05) is 0 Å².